The van der Waals surface area contributed by atoms with Crippen molar-refractivity contribution in [3.05, 3.63) is 29.3 Å². The molecular formula is C13H16F2N2OS. The van der Waals surface area contributed by atoms with Crippen LogP contribution in [0.5, 0.6) is 0 Å². The molecule has 0 radical (unpaired) electrons. The fourth-order valence-corrected chi connectivity index (χ4v) is 3.20. The number of halogens is 2. The number of nitrogens with two attached hydrogens (primary N) is 1. The monoisotopic (exact) mass is 286 g/mol. The molecule has 19 heavy (non-hydrogen) atoms. The largest absolute Gasteiger partial charge is 0.396 e. The minimum Gasteiger partial charge on any atom is -0.396 e. The molecule has 0 saturated carbocycles. The molecule has 0 unspecified atom stereocenters. The summed E-state index contributed by atoms with van der Waals surface area (Å²) >= 11 is 1.77. The SMILES string of the molecule is CC1(C)CN(C(=O)c2cc(N)c(F)cc2F)CCS1. The Morgan fingerprint density at radius 1 is 1.37 bits per heavy atom. The van der Waals surface area contributed by atoms with Crippen molar-refractivity contribution < 1.29 is 13.6 Å². The van der Waals surface area contributed by atoms with Gasteiger partial charge >= 0.3 is 0 Å². The molecule has 0 aromatic heterocycles. The number of anilines is 1. The average Bonchev–Trinajstić information content (AvgIpc) is 2.31. The quantitative estimate of drug-likeness (QED) is 0.807. The second-order valence-electron chi connectivity index (χ2n) is 5.19. The molecular weight excluding hydrogens is 270 g/mol. The van der Waals surface area contributed by atoms with E-state index in [1.54, 1.807) is 16.7 Å². The van der Waals surface area contributed by atoms with Gasteiger partial charge in [0.2, 0.25) is 0 Å². The van der Waals surface area contributed by atoms with Gasteiger partial charge in [-0.15, -0.1) is 0 Å². The molecule has 0 spiro atoms. The fourth-order valence-electron chi connectivity index (χ4n) is 2.09. The van der Waals surface area contributed by atoms with Gasteiger partial charge < -0.3 is 10.6 Å². The lowest BCUT2D eigenvalue weighted by Crippen LogP contribution is -2.46. The highest BCUT2D eigenvalue weighted by Crippen LogP contribution is 2.30. The van der Waals surface area contributed by atoms with Gasteiger partial charge in [0.05, 0.1) is 11.3 Å². The van der Waals surface area contributed by atoms with Crippen LogP contribution in [0.15, 0.2) is 12.1 Å². The van der Waals surface area contributed by atoms with Gasteiger partial charge in [0.25, 0.3) is 5.91 Å². The van der Waals surface area contributed by atoms with Crippen molar-refractivity contribution in [1.82, 2.24) is 4.90 Å². The zero-order valence-electron chi connectivity index (χ0n) is 10.9. The minimum absolute atomic E-state index is 0.0596. The summed E-state index contributed by atoms with van der Waals surface area (Å²) in [4.78, 5) is 13.9. The zero-order valence-corrected chi connectivity index (χ0v) is 11.7. The molecule has 1 aliphatic heterocycles. The molecule has 1 aliphatic rings. The van der Waals surface area contributed by atoms with Crippen molar-refractivity contribution in [2.45, 2.75) is 18.6 Å². The number of carbonyl (C=O) groups excluding carboxylic acids is 1. The molecule has 1 heterocycles. The number of nitrogen functional groups attached to an aromatic ring is 1. The average molecular weight is 286 g/mol. The molecule has 2 N–H and O–H groups in total. The fraction of sp³-hybridized carbons (Fsp3) is 0.462. The Hall–Kier alpha value is -1.30. The predicted molar refractivity (Wildman–Crippen MR) is 73.2 cm³/mol. The molecule has 1 aromatic rings. The smallest absolute Gasteiger partial charge is 0.256 e. The van der Waals surface area contributed by atoms with E-state index in [4.69, 9.17) is 5.73 Å². The van der Waals surface area contributed by atoms with E-state index in [1.165, 1.54) is 0 Å². The summed E-state index contributed by atoms with van der Waals surface area (Å²) in [5, 5.41) is 0. The van der Waals surface area contributed by atoms with E-state index < -0.39 is 17.5 Å². The van der Waals surface area contributed by atoms with Crippen molar-refractivity contribution >= 4 is 23.4 Å². The number of hydrogen-bond donors (Lipinski definition) is 1. The van der Waals surface area contributed by atoms with Crippen LogP contribution in [0.1, 0.15) is 24.2 Å². The van der Waals surface area contributed by atoms with Crippen molar-refractivity contribution in [3.8, 4) is 0 Å². The van der Waals surface area contributed by atoms with E-state index in [-0.39, 0.29) is 16.0 Å². The van der Waals surface area contributed by atoms with E-state index in [0.717, 1.165) is 11.8 Å². The molecule has 104 valence electrons. The van der Waals surface area contributed by atoms with Gasteiger partial charge in [0.1, 0.15) is 11.6 Å². The predicted octanol–water partition coefficient (Wildman–Crippen LogP) is 2.51. The van der Waals surface area contributed by atoms with Crippen LogP contribution in [0.2, 0.25) is 0 Å². The number of amides is 1. The van der Waals surface area contributed by atoms with Gasteiger partial charge in [-0.05, 0) is 19.9 Å². The van der Waals surface area contributed by atoms with Crippen LogP contribution in [-0.2, 0) is 0 Å². The van der Waals surface area contributed by atoms with Gasteiger partial charge in [-0.3, -0.25) is 4.79 Å². The molecule has 1 fully saturated rings. The van der Waals surface area contributed by atoms with Crippen molar-refractivity contribution in [2.75, 3.05) is 24.6 Å². The van der Waals surface area contributed by atoms with Gasteiger partial charge in [-0.2, -0.15) is 11.8 Å². The zero-order chi connectivity index (χ0) is 14.2. The van der Waals surface area contributed by atoms with Crippen LogP contribution in [0.25, 0.3) is 0 Å². The molecule has 1 saturated heterocycles. The summed E-state index contributed by atoms with van der Waals surface area (Å²) in [5.41, 5.74) is 5.02. The summed E-state index contributed by atoms with van der Waals surface area (Å²) in [6.07, 6.45) is 0. The highest BCUT2D eigenvalue weighted by Gasteiger charge is 2.31. The number of nitrogens with zero attached hydrogens (tertiary/aromatic N) is 1. The lowest BCUT2D eigenvalue weighted by atomic mass is 10.1. The van der Waals surface area contributed by atoms with Crippen molar-refractivity contribution in [1.29, 1.82) is 0 Å². The maximum atomic E-state index is 13.7. The van der Waals surface area contributed by atoms with Crippen molar-refractivity contribution in [2.24, 2.45) is 0 Å². The lowest BCUT2D eigenvalue weighted by molar-refractivity contribution is 0.0743. The van der Waals surface area contributed by atoms with Gasteiger partial charge in [-0.25, -0.2) is 8.78 Å². The van der Waals surface area contributed by atoms with E-state index in [9.17, 15) is 13.6 Å². The third-order valence-corrected chi connectivity index (χ3v) is 4.33. The number of thioether (sulfide) groups is 1. The Labute approximate surface area is 115 Å². The first kappa shape index (κ1) is 14.1. The lowest BCUT2D eigenvalue weighted by Gasteiger charge is -2.37. The topological polar surface area (TPSA) is 46.3 Å². The normalized spacial score (nSPS) is 18.4. The first-order valence-corrected chi connectivity index (χ1v) is 6.96. The molecule has 0 bridgehead atoms. The van der Waals surface area contributed by atoms with Crippen molar-refractivity contribution in [3.63, 3.8) is 0 Å². The highest BCUT2D eigenvalue weighted by molar-refractivity contribution is 8.00. The first-order chi connectivity index (χ1) is 8.80. The van der Waals surface area contributed by atoms with E-state index in [2.05, 4.69) is 0 Å². The van der Waals surface area contributed by atoms with Gasteiger partial charge in [0.15, 0.2) is 0 Å². The van der Waals surface area contributed by atoms with Crippen LogP contribution >= 0.6 is 11.8 Å². The van der Waals surface area contributed by atoms with Crippen LogP contribution in [0.4, 0.5) is 14.5 Å². The van der Waals surface area contributed by atoms with Crippen LogP contribution < -0.4 is 5.73 Å². The summed E-state index contributed by atoms with van der Waals surface area (Å²) in [6.45, 7) is 5.16. The second-order valence-corrected chi connectivity index (χ2v) is 6.99. The van der Waals surface area contributed by atoms with Gasteiger partial charge in [0, 0.05) is 29.7 Å². The van der Waals surface area contributed by atoms with E-state index >= 15 is 0 Å². The Bertz CT molecular complexity index is 520. The molecule has 0 atom stereocenters. The molecule has 0 aliphatic carbocycles. The third kappa shape index (κ3) is 3.00. The summed E-state index contributed by atoms with van der Waals surface area (Å²) in [6, 6.07) is 1.73. The Morgan fingerprint density at radius 2 is 2.05 bits per heavy atom. The standard InChI is InChI=1S/C13H16F2N2OS/c1-13(2)7-17(3-4-19-13)12(18)8-5-11(16)10(15)6-9(8)14/h5-6H,3-4,7,16H2,1-2H3. The first-order valence-electron chi connectivity index (χ1n) is 5.98. The Kier molecular flexibility index (Phi) is 3.71. The van der Waals surface area contributed by atoms with Crippen LogP contribution in [-0.4, -0.2) is 34.4 Å². The number of benzene rings is 1. The van der Waals surface area contributed by atoms with Crippen LogP contribution in [0.3, 0.4) is 0 Å². The number of carbonyl (C=O) groups is 1. The summed E-state index contributed by atoms with van der Waals surface area (Å²) in [7, 11) is 0. The van der Waals surface area contributed by atoms with E-state index in [0.29, 0.717) is 19.2 Å². The Morgan fingerprint density at radius 3 is 2.68 bits per heavy atom. The summed E-state index contributed by atoms with van der Waals surface area (Å²) < 4.78 is 26.7. The minimum atomic E-state index is -0.868. The highest BCUT2D eigenvalue weighted by atomic mass is 32.2. The second kappa shape index (κ2) is 5.00. The molecule has 6 heteroatoms. The maximum absolute atomic E-state index is 13.7. The molecule has 1 aromatic carbocycles. The van der Waals surface area contributed by atoms with Crippen LogP contribution in [0, 0.1) is 11.6 Å². The Balaban J connectivity index is 2.27. The maximum Gasteiger partial charge on any atom is 0.256 e. The van der Waals surface area contributed by atoms with Gasteiger partial charge in [-0.1, -0.05) is 0 Å². The third-order valence-electron chi connectivity index (χ3n) is 3.03. The summed E-state index contributed by atoms with van der Waals surface area (Å²) in [5.74, 6) is -1.34. The van der Waals surface area contributed by atoms with E-state index in [1.807, 2.05) is 13.8 Å². The number of hydrogen-bond acceptors (Lipinski definition) is 3. The molecule has 3 nitrogen and oxygen atoms in total. The molecule has 2 rings (SSSR count). The number of rotatable bonds is 1. The molecule has 1 amide bonds.